The number of imidazole rings is 1. The molecule has 136 valence electrons. The first-order chi connectivity index (χ1) is 12.7. The lowest BCUT2D eigenvalue weighted by Crippen LogP contribution is -2.42. The quantitative estimate of drug-likeness (QED) is 0.752. The highest BCUT2D eigenvalue weighted by atomic mass is 16.5. The zero-order chi connectivity index (χ0) is 17.9. The van der Waals surface area contributed by atoms with Gasteiger partial charge in [0, 0.05) is 31.9 Å². The summed E-state index contributed by atoms with van der Waals surface area (Å²) >= 11 is 0. The number of aromatic amines is 1. The van der Waals surface area contributed by atoms with E-state index < -0.39 is 0 Å². The SMILES string of the molecule is Cn1c(CN2CCO[C@H](CCc3cc(=O)[nH]cn3)C2)nc2ccccc21. The van der Waals surface area contributed by atoms with Crippen LogP contribution in [0.3, 0.4) is 0 Å². The number of morpholine rings is 1. The second-order valence-electron chi connectivity index (χ2n) is 6.74. The van der Waals surface area contributed by atoms with E-state index in [1.54, 1.807) is 6.07 Å². The Kier molecular flexibility index (Phi) is 4.81. The summed E-state index contributed by atoms with van der Waals surface area (Å²) in [5.41, 5.74) is 2.90. The Hall–Kier alpha value is -2.51. The van der Waals surface area contributed by atoms with Gasteiger partial charge in [0.25, 0.3) is 5.56 Å². The maximum absolute atomic E-state index is 11.4. The molecule has 1 saturated heterocycles. The van der Waals surface area contributed by atoms with E-state index in [1.807, 2.05) is 12.1 Å². The lowest BCUT2D eigenvalue weighted by atomic mass is 10.1. The van der Waals surface area contributed by atoms with Gasteiger partial charge in [-0.3, -0.25) is 9.69 Å². The van der Waals surface area contributed by atoms with Crippen molar-refractivity contribution in [1.29, 1.82) is 0 Å². The van der Waals surface area contributed by atoms with Crippen LogP contribution in [0.25, 0.3) is 11.0 Å². The van der Waals surface area contributed by atoms with E-state index in [0.717, 1.165) is 61.6 Å². The van der Waals surface area contributed by atoms with Crippen LogP contribution in [0, 0.1) is 0 Å². The monoisotopic (exact) mass is 353 g/mol. The number of rotatable bonds is 5. The highest BCUT2D eigenvalue weighted by molar-refractivity contribution is 5.75. The summed E-state index contributed by atoms with van der Waals surface area (Å²) < 4.78 is 8.07. The maximum Gasteiger partial charge on any atom is 0.250 e. The highest BCUT2D eigenvalue weighted by Crippen LogP contribution is 2.18. The van der Waals surface area contributed by atoms with Crippen LogP contribution in [-0.4, -0.2) is 50.2 Å². The van der Waals surface area contributed by atoms with E-state index >= 15 is 0 Å². The van der Waals surface area contributed by atoms with E-state index in [-0.39, 0.29) is 11.7 Å². The molecule has 0 unspecified atom stereocenters. The number of H-pyrrole nitrogens is 1. The normalized spacial score (nSPS) is 18.4. The second-order valence-corrected chi connectivity index (χ2v) is 6.74. The van der Waals surface area contributed by atoms with Crippen molar-refractivity contribution in [3.8, 4) is 0 Å². The molecule has 0 amide bonds. The number of hydrogen-bond acceptors (Lipinski definition) is 5. The van der Waals surface area contributed by atoms with Crippen molar-refractivity contribution in [2.75, 3.05) is 19.7 Å². The van der Waals surface area contributed by atoms with Crippen LogP contribution in [-0.2, 0) is 24.8 Å². The summed E-state index contributed by atoms with van der Waals surface area (Å²) in [6.45, 7) is 3.31. The van der Waals surface area contributed by atoms with Crippen LogP contribution in [0.2, 0.25) is 0 Å². The summed E-state index contributed by atoms with van der Waals surface area (Å²) in [5.74, 6) is 1.07. The van der Waals surface area contributed by atoms with Crippen molar-refractivity contribution in [1.82, 2.24) is 24.4 Å². The molecule has 1 aromatic carbocycles. The lowest BCUT2D eigenvalue weighted by Gasteiger charge is -2.32. The summed E-state index contributed by atoms with van der Waals surface area (Å²) in [6.07, 6.45) is 3.21. The standard InChI is InChI=1S/C19H23N5O2/c1-23-17-5-3-2-4-16(17)22-18(23)12-24-8-9-26-15(11-24)7-6-14-10-19(25)21-13-20-14/h2-5,10,13,15H,6-9,11-12H2,1H3,(H,20,21,25)/t15-/m1/s1. The molecular weight excluding hydrogens is 330 g/mol. The molecule has 1 atom stereocenters. The Labute approximate surface area is 151 Å². The van der Waals surface area contributed by atoms with E-state index in [1.165, 1.54) is 6.33 Å². The van der Waals surface area contributed by atoms with E-state index in [4.69, 9.17) is 9.72 Å². The predicted molar refractivity (Wildman–Crippen MR) is 98.9 cm³/mol. The van der Waals surface area contributed by atoms with Gasteiger partial charge in [-0.15, -0.1) is 0 Å². The van der Waals surface area contributed by atoms with Gasteiger partial charge in [0.1, 0.15) is 5.82 Å². The Bertz CT molecular complexity index is 948. The molecule has 1 aliphatic rings. The van der Waals surface area contributed by atoms with Crippen molar-refractivity contribution in [3.63, 3.8) is 0 Å². The molecule has 0 aliphatic carbocycles. The Morgan fingerprint density at radius 3 is 3.08 bits per heavy atom. The number of aromatic nitrogens is 4. The predicted octanol–water partition coefficient (Wildman–Crippen LogP) is 1.49. The van der Waals surface area contributed by atoms with Gasteiger partial charge >= 0.3 is 0 Å². The van der Waals surface area contributed by atoms with Crippen molar-refractivity contribution in [2.45, 2.75) is 25.5 Å². The molecule has 1 N–H and O–H groups in total. The average Bonchev–Trinajstić information content (AvgIpc) is 2.96. The number of para-hydroxylation sites is 2. The third kappa shape index (κ3) is 3.68. The van der Waals surface area contributed by atoms with Gasteiger partial charge in [-0.1, -0.05) is 12.1 Å². The van der Waals surface area contributed by atoms with Crippen LogP contribution in [0.15, 0.2) is 41.5 Å². The second kappa shape index (κ2) is 7.39. The molecule has 0 radical (unpaired) electrons. The minimum Gasteiger partial charge on any atom is -0.376 e. The summed E-state index contributed by atoms with van der Waals surface area (Å²) in [4.78, 5) is 25.3. The summed E-state index contributed by atoms with van der Waals surface area (Å²) in [6, 6.07) is 9.77. The van der Waals surface area contributed by atoms with Crippen molar-refractivity contribution >= 4 is 11.0 Å². The zero-order valence-electron chi connectivity index (χ0n) is 14.9. The fourth-order valence-corrected chi connectivity index (χ4v) is 3.49. The molecule has 1 aliphatic heterocycles. The number of fused-ring (bicyclic) bond motifs is 1. The molecule has 1 fully saturated rings. The number of ether oxygens (including phenoxy) is 1. The van der Waals surface area contributed by atoms with Crippen LogP contribution >= 0.6 is 0 Å². The van der Waals surface area contributed by atoms with Gasteiger partial charge < -0.3 is 14.3 Å². The third-order valence-electron chi connectivity index (χ3n) is 4.93. The molecule has 7 heteroatoms. The molecule has 7 nitrogen and oxygen atoms in total. The Balaban J connectivity index is 1.38. The zero-order valence-corrected chi connectivity index (χ0v) is 14.9. The summed E-state index contributed by atoms with van der Waals surface area (Å²) in [5, 5.41) is 0. The van der Waals surface area contributed by atoms with E-state index in [9.17, 15) is 4.79 Å². The fourth-order valence-electron chi connectivity index (χ4n) is 3.49. The molecule has 0 saturated carbocycles. The number of nitrogens with zero attached hydrogens (tertiary/aromatic N) is 4. The van der Waals surface area contributed by atoms with Gasteiger partial charge in [0.05, 0.1) is 36.6 Å². The van der Waals surface area contributed by atoms with Crippen molar-refractivity contribution in [2.24, 2.45) is 7.05 Å². The van der Waals surface area contributed by atoms with Crippen LogP contribution in [0.5, 0.6) is 0 Å². The highest BCUT2D eigenvalue weighted by Gasteiger charge is 2.22. The van der Waals surface area contributed by atoms with Gasteiger partial charge in [-0.2, -0.15) is 0 Å². The number of aryl methyl sites for hydroxylation is 2. The molecule has 4 rings (SSSR count). The fraction of sp³-hybridized carbons (Fsp3) is 0.421. The van der Waals surface area contributed by atoms with E-state index in [2.05, 4.69) is 38.6 Å². The van der Waals surface area contributed by atoms with Gasteiger partial charge in [-0.05, 0) is 25.0 Å². The topological polar surface area (TPSA) is 76.0 Å². The minimum absolute atomic E-state index is 0.108. The number of nitrogens with one attached hydrogen (secondary N) is 1. The minimum atomic E-state index is -0.108. The molecule has 2 aromatic heterocycles. The van der Waals surface area contributed by atoms with Crippen LogP contribution in [0.4, 0.5) is 0 Å². The Morgan fingerprint density at radius 1 is 1.35 bits per heavy atom. The first-order valence-corrected chi connectivity index (χ1v) is 8.97. The number of hydrogen-bond donors (Lipinski definition) is 1. The molecule has 26 heavy (non-hydrogen) atoms. The first kappa shape index (κ1) is 16.9. The molecular formula is C19H23N5O2. The average molecular weight is 353 g/mol. The maximum atomic E-state index is 11.4. The van der Waals surface area contributed by atoms with Gasteiger partial charge in [0.2, 0.25) is 0 Å². The molecule has 3 heterocycles. The third-order valence-corrected chi connectivity index (χ3v) is 4.93. The molecule has 0 bridgehead atoms. The van der Waals surface area contributed by atoms with Crippen molar-refractivity contribution < 1.29 is 4.74 Å². The Morgan fingerprint density at radius 2 is 2.23 bits per heavy atom. The van der Waals surface area contributed by atoms with Crippen LogP contribution < -0.4 is 5.56 Å². The van der Waals surface area contributed by atoms with Gasteiger partial charge in [0.15, 0.2) is 0 Å². The summed E-state index contributed by atoms with van der Waals surface area (Å²) in [7, 11) is 2.07. The first-order valence-electron chi connectivity index (χ1n) is 8.97. The van der Waals surface area contributed by atoms with Gasteiger partial charge in [-0.25, -0.2) is 9.97 Å². The molecule has 0 spiro atoms. The largest absolute Gasteiger partial charge is 0.376 e. The molecule has 3 aromatic rings. The van der Waals surface area contributed by atoms with E-state index in [0.29, 0.717) is 0 Å². The number of benzene rings is 1. The van der Waals surface area contributed by atoms with Crippen LogP contribution in [0.1, 0.15) is 17.9 Å². The lowest BCUT2D eigenvalue weighted by molar-refractivity contribution is -0.0355. The smallest absolute Gasteiger partial charge is 0.250 e. The van der Waals surface area contributed by atoms with Crippen molar-refractivity contribution in [3.05, 3.63) is 58.5 Å².